The molecule has 21 heavy (non-hydrogen) atoms. The average Bonchev–Trinajstić information content (AvgIpc) is 2.89. The van der Waals surface area contributed by atoms with E-state index in [4.69, 9.17) is 10.7 Å². The average molecular weight is 300 g/mol. The third-order valence-corrected chi connectivity index (χ3v) is 5.81. The van der Waals surface area contributed by atoms with Crippen molar-refractivity contribution in [3.8, 4) is 0 Å². The van der Waals surface area contributed by atoms with Crippen molar-refractivity contribution in [3.63, 3.8) is 0 Å². The highest BCUT2D eigenvalue weighted by molar-refractivity contribution is 7.11. The Morgan fingerprint density at radius 3 is 2.62 bits per heavy atom. The molecule has 3 heteroatoms. The first-order valence-electron chi connectivity index (χ1n) is 7.74. The number of nitrogens with zero attached hydrogens (tertiary/aromatic N) is 1. The summed E-state index contributed by atoms with van der Waals surface area (Å²) in [7, 11) is 0. The number of hydrogen-bond acceptors (Lipinski definition) is 3. The topological polar surface area (TPSA) is 38.9 Å². The molecule has 0 spiro atoms. The Bertz CT molecular complexity index is 610. The van der Waals surface area contributed by atoms with Crippen molar-refractivity contribution in [3.05, 3.63) is 51.5 Å². The number of benzene rings is 1. The Kier molecular flexibility index (Phi) is 3.89. The summed E-state index contributed by atoms with van der Waals surface area (Å²) in [6.45, 7) is 7.04. The summed E-state index contributed by atoms with van der Waals surface area (Å²) in [6.07, 6.45) is 3.52. The van der Waals surface area contributed by atoms with Crippen LogP contribution in [0.3, 0.4) is 0 Å². The van der Waals surface area contributed by atoms with Gasteiger partial charge in [-0.2, -0.15) is 0 Å². The van der Waals surface area contributed by atoms with E-state index < -0.39 is 0 Å². The maximum atomic E-state index is 6.40. The lowest BCUT2D eigenvalue weighted by atomic mass is 9.73. The number of aromatic nitrogens is 1. The molecule has 1 heterocycles. The second-order valence-electron chi connectivity index (χ2n) is 7.12. The van der Waals surface area contributed by atoms with Crippen LogP contribution in [0.15, 0.2) is 30.3 Å². The molecule has 2 atom stereocenters. The molecule has 0 amide bonds. The minimum Gasteiger partial charge on any atom is -0.318 e. The van der Waals surface area contributed by atoms with E-state index in [0.717, 1.165) is 29.3 Å². The maximum absolute atomic E-state index is 6.40. The molecule has 0 radical (unpaired) electrons. The molecule has 1 aromatic heterocycles. The summed E-state index contributed by atoms with van der Waals surface area (Å²) in [5.74, 6) is 0.756. The second-order valence-corrected chi connectivity index (χ2v) is 8.23. The quantitative estimate of drug-likeness (QED) is 0.896. The number of thiazole rings is 1. The van der Waals surface area contributed by atoms with Gasteiger partial charge in [-0.25, -0.2) is 4.98 Å². The van der Waals surface area contributed by atoms with E-state index in [1.165, 1.54) is 17.0 Å². The van der Waals surface area contributed by atoms with Crippen molar-refractivity contribution in [2.45, 2.75) is 46.1 Å². The summed E-state index contributed by atoms with van der Waals surface area (Å²) >= 11 is 1.82. The molecular weight excluding hydrogens is 276 g/mol. The Labute approximate surface area is 131 Å². The summed E-state index contributed by atoms with van der Waals surface area (Å²) in [6, 6.07) is 10.2. The Morgan fingerprint density at radius 1 is 1.24 bits per heavy atom. The maximum Gasteiger partial charge on any atom is 0.114 e. The molecule has 1 aliphatic carbocycles. The van der Waals surface area contributed by atoms with Crippen LogP contribution in [-0.2, 0) is 12.8 Å². The number of fused-ring (bicyclic) bond motifs is 1. The van der Waals surface area contributed by atoms with Crippen LogP contribution in [0.2, 0.25) is 0 Å². The highest BCUT2D eigenvalue weighted by atomic mass is 32.1. The van der Waals surface area contributed by atoms with Gasteiger partial charge in [0.25, 0.3) is 0 Å². The van der Waals surface area contributed by atoms with Crippen molar-refractivity contribution in [1.29, 1.82) is 0 Å². The van der Waals surface area contributed by atoms with Crippen LogP contribution in [0.4, 0.5) is 0 Å². The molecule has 0 bridgehead atoms. The van der Waals surface area contributed by atoms with Crippen LogP contribution in [0.5, 0.6) is 0 Å². The van der Waals surface area contributed by atoms with Gasteiger partial charge in [-0.3, -0.25) is 0 Å². The SMILES string of the molecule is CC(C)(C)C1CCc2nc(C(N)c3ccccc3)sc2C1. The minimum atomic E-state index is -0.0881. The van der Waals surface area contributed by atoms with E-state index in [0.29, 0.717) is 5.41 Å². The number of nitrogens with two attached hydrogens (primary N) is 1. The molecule has 3 rings (SSSR count). The zero-order valence-corrected chi connectivity index (χ0v) is 13.9. The predicted octanol–water partition coefficient (Wildman–Crippen LogP) is 4.34. The zero-order valence-electron chi connectivity index (χ0n) is 13.1. The second kappa shape index (κ2) is 5.54. The van der Waals surface area contributed by atoms with Crippen molar-refractivity contribution >= 4 is 11.3 Å². The lowest BCUT2D eigenvalue weighted by molar-refractivity contribution is 0.217. The van der Waals surface area contributed by atoms with Gasteiger partial charge in [0.15, 0.2) is 0 Å². The van der Waals surface area contributed by atoms with Crippen molar-refractivity contribution in [2.75, 3.05) is 0 Å². The van der Waals surface area contributed by atoms with Gasteiger partial charge in [0.05, 0.1) is 11.7 Å². The fourth-order valence-electron chi connectivity index (χ4n) is 3.07. The largest absolute Gasteiger partial charge is 0.318 e. The number of aryl methyl sites for hydroxylation is 1. The van der Waals surface area contributed by atoms with Crippen LogP contribution >= 0.6 is 11.3 Å². The van der Waals surface area contributed by atoms with Gasteiger partial charge in [0.2, 0.25) is 0 Å². The van der Waals surface area contributed by atoms with E-state index in [1.54, 1.807) is 0 Å². The zero-order chi connectivity index (χ0) is 15.0. The Hall–Kier alpha value is -1.19. The Morgan fingerprint density at radius 2 is 1.95 bits per heavy atom. The van der Waals surface area contributed by atoms with Gasteiger partial charge in [-0.1, -0.05) is 51.1 Å². The molecule has 2 aromatic rings. The van der Waals surface area contributed by atoms with Crippen LogP contribution in [0.1, 0.15) is 54.4 Å². The first kappa shape index (κ1) is 14.7. The lowest BCUT2D eigenvalue weighted by Gasteiger charge is -2.33. The highest BCUT2D eigenvalue weighted by Crippen LogP contribution is 2.40. The number of hydrogen-bond donors (Lipinski definition) is 1. The standard InChI is InChI=1S/C18H24N2S/c1-18(2,3)13-9-10-14-15(11-13)21-17(20-14)16(19)12-7-5-4-6-8-12/h4-8,13,16H,9-11,19H2,1-3H3. The van der Waals surface area contributed by atoms with Gasteiger partial charge in [-0.15, -0.1) is 11.3 Å². The van der Waals surface area contributed by atoms with Crippen LogP contribution in [0.25, 0.3) is 0 Å². The van der Waals surface area contributed by atoms with E-state index in [1.807, 2.05) is 29.5 Å². The lowest BCUT2D eigenvalue weighted by Crippen LogP contribution is -2.26. The highest BCUT2D eigenvalue weighted by Gasteiger charge is 2.31. The van der Waals surface area contributed by atoms with E-state index >= 15 is 0 Å². The van der Waals surface area contributed by atoms with Gasteiger partial charge in [0.1, 0.15) is 5.01 Å². The molecular formula is C18H24N2S. The minimum absolute atomic E-state index is 0.0881. The summed E-state index contributed by atoms with van der Waals surface area (Å²) in [5, 5.41) is 1.07. The van der Waals surface area contributed by atoms with Crippen LogP contribution in [0, 0.1) is 11.3 Å². The first-order valence-corrected chi connectivity index (χ1v) is 8.56. The normalized spacial score (nSPS) is 20.1. The van der Waals surface area contributed by atoms with E-state index in [-0.39, 0.29) is 6.04 Å². The summed E-state index contributed by atoms with van der Waals surface area (Å²) < 4.78 is 0. The third kappa shape index (κ3) is 3.04. The molecule has 1 aromatic carbocycles. The third-order valence-electron chi connectivity index (χ3n) is 4.61. The van der Waals surface area contributed by atoms with E-state index in [9.17, 15) is 0 Å². The molecule has 0 saturated carbocycles. The van der Waals surface area contributed by atoms with Crippen LogP contribution in [-0.4, -0.2) is 4.98 Å². The van der Waals surface area contributed by atoms with Gasteiger partial charge in [0, 0.05) is 4.88 Å². The molecule has 0 saturated heterocycles. The van der Waals surface area contributed by atoms with Gasteiger partial charge >= 0.3 is 0 Å². The summed E-state index contributed by atoms with van der Waals surface area (Å²) in [5.41, 5.74) is 9.22. The van der Waals surface area contributed by atoms with Crippen molar-refractivity contribution in [2.24, 2.45) is 17.1 Å². The molecule has 1 aliphatic rings. The molecule has 112 valence electrons. The smallest absolute Gasteiger partial charge is 0.114 e. The van der Waals surface area contributed by atoms with Gasteiger partial charge < -0.3 is 5.73 Å². The molecule has 2 unspecified atom stereocenters. The monoisotopic (exact) mass is 300 g/mol. The predicted molar refractivity (Wildman–Crippen MR) is 89.6 cm³/mol. The fourth-order valence-corrected chi connectivity index (χ4v) is 4.29. The molecule has 2 N–H and O–H groups in total. The fraction of sp³-hybridized carbons (Fsp3) is 0.500. The Balaban J connectivity index is 1.84. The molecule has 0 aliphatic heterocycles. The van der Waals surface area contributed by atoms with Gasteiger partial charge in [-0.05, 0) is 36.2 Å². The van der Waals surface area contributed by atoms with E-state index in [2.05, 4.69) is 32.9 Å². The van der Waals surface area contributed by atoms with Crippen molar-refractivity contribution in [1.82, 2.24) is 4.98 Å². The molecule has 2 nitrogen and oxygen atoms in total. The molecule has 0 fully saturated rings. The number of rotatable bonds is 2. The van der Waals surface area contributed by atoms with Crippen molar-refractivity contribution < 1.29 is 0 Å². The summed E-state index contributed by atoms with van der Waals surface area (Å²) in [4.78, 5) is 6.30. The van der Waals surface area contributed by atoms with Crippen LogP contribution < -0.4 is 5.73 Å². The first-order chi connectivity index (χ1) is 9.95.